The average molecular weight is 365 g/mol. The molecular formula is C23H27NO3. The molecule has 2 aromatic rings. The number of rotatable bonds is 5. The number of amides is 2. The molecule has 1 aliphatic heterocycles. The Hall–Kier alpha value is -2.46. The molecule has 0 bridgehead atoms. The van der Waals surface area contributed by atoms with Crippen molar-refractivity contribution >= 4 is 17.5 Å². The molecule has 1 atom stereocenters. The molecule has 1 N–H and O–H groups in total. The number of carbonyl (C=O) groups excluding carboxylic acids is 2. The first kappa shape index (κ1) is 19.3. The molecule has 3 rings (SSSR count). The van der Waals surface area contributed by atoms with Crippen LogP contribution in [0.3, 0.4) is 0 Å². The number of imide groups is 1. The highest BCUT2D eigenvalue weighted by atomic mass is 16.3. The van der Waals surface area contributed by atoms with Gasteiger partial charge < -0.3 is 5.11 Å². The van der Waals surface area contributed by atoms with E-state index in [1.807, 2.05) is 25.1 Å². The van der Waals surface area contributed by atoms with E-state index in [4.69, 9.17) is 0 Å². The lowest BCUT2D eigenvalue weighted by molar-refractivity contribution is 0.0922. The quantitative estimate of drug-likeness (QED) is 0.743. The van der Waals surface area contributed by atoms with Crippen LogP contribution in [-0.2, 0) is 0 Å². The molecule has 0 radical (unpaired) electrons. The second kappa shape index (κ2) is 7.28. The average Bonchev–Trinajstić information content (AvgIpc) is 2.90. The summed E-state index contributed by atoms with van der Waals surface area (Å²) in [4.78, 5) is 28.0. The van der Waals surface area contributed by atoms with Crippen LogP contribution in [0.1, 0.15) is 96.4 Å². The number of aliphatic hydroxyl groups is 1. The van der Waals surface area contributed by atoms with Gasteiger partial charge in [-0.25, -0.2) is 4.90 Å². The van der Waals surface area contributed by atoms with Gasteiger partial charge in [-0.1, -0.05) is 65.0 Å². The van der Waals surface area contributed by atoms with Crippen LogP contribution in [0, 0.1) is 0 Å². The van der Waals surface area contributed by atoms with Gasteiger partial charge in [-0.3, -0.25) is 9.59 Å². The zero-order valence-corrected chi connectivity index (χ0v) is 16.6. The Morgan fingerprint density at radius 3 is 1.89 bits per heavy atom. The highest BCUT2D eigenvalue weighted by molar-refractivity contribution is 6.35. The third-order valence-corrected chi connectivity index (χ3v) is 5.26. The maximum absolute atomic E-state index is 13.4. The van der Waals surface area contributed by atoms with Crippen LogP contribution in [0.4, 0.5) is 5.69 Å². The number of carbonyl (C=O) groups is 2. The highest BCUT2D eigenvalue weighted by Crippen LogP contribution is 2.40. The number of hydrogen-bond donors (Lipinski definition) is 1. The van der Waals surface area contributed by atoms with Gasteiger partial charge in [-0.15, -0.1) is 0 Å². The first-order valence-corrected chi connectivity index (χ1v) is 9.62. The minimum atomic E-state index is -0.762. The van der Waals surface area contributed by atoms with Crippen molar-refractivity contribution in [1.29, 1.82) is 0 Å². The van der Waals surface area contributed by atoms with Crippen molar-refractivity contribution in [1.82, 2.24) is 0 Å². The van der Waals surface area contributed by atoms with Crippen LogP contribution in [0.2, 0.25) is 0 Å². The summed E-state index contributed by atoms with van der Waals surface area (Å²) in [6.45, 7) is 10.1. The van der Waals surface area contributed by atoms with Crippen LogP contribution < -0.4 is 4.90 Å². The van der Waals surface area contributed by atoms with Crippen LogP contribution in [-0.4, -0.2) is 16.9 Å². The second-order valence-electron chi connectivity index (χ2n) is 7.73. The van der Waals surface area contributed by atoms with Crippen LogP contribution in [0.15, 0.2) is 36.4 Å². The van der Waals surface area contributed by atoms with Crippen LogP contribution in [0.25, 0.3) is 0 Å². The van der Waals surface area contributed by atoms with Crippen molar-refractivity contribution in [3.8, 4) is 0 Å². The first-order chi connectivity index (χ1) is 12.8. The van der Waals surface area contributed by atoms with Crippen molar-refractivity contribution in [2.75, 3.05) is 4.90 Å². The number of aliphatic hydroxyl groups excluding tert-OH is 1. The summed E-state index contributed by atoms with van der Waals surface area (Å²) in [7, 11) is 0. The number of para-hydroxylation sites is 1. The summed E-state index contributed by atoms with van der Waals surface area (Å²) in [5.41, 5.74) is 3.90. The minimum Gasteiger partial charge on any atom is -0.388 e. The number of anilines is 1. The predicted octanol–water partition coefficient (Wildman–Crippen LogP) is 5.18. The molecule has 1 aliphatic rings. The minimum absolute atomic E-state index is 0.170. The van der Waals surface area contributed by atoms with Gasteiger partial charge in [-0.05, 0) is 41.0 Å². The van der Waals surface area contributed by atoms with E-state index >= 15 is 0 Å². The SMILES string of the molecule is CCC(O)c1cccc2c1C(=O)N(c1c(C(C)C)cccc1C(C)C)C2=O. The van der Waals surface area contributed by atoms with Gasteiger partial charge in [0.05, 0.1) is 22.9 Å². The van der Waals surface area contributed by atoms with Gasteiger partial charge in [0.1, 0.15) is 0 Å². The van der Waals surface area contributed by atoms with Crippen molar-refractivity contribution in [3.05, 3.63) is 64.2 Å². The number of hydrogen-bond acceptors (Lipinski definition) is 3. The van der Waals surface area contributed by atoms with E-state index in [-0.39, 0.29) is 23.7 Å². The molecule has 0 fully saturated rings. The largest absolute Gasteiger partial charge is 0.388 e. The normalized spacial score (nSPS) is 15.0. The van der Waals surface area contributed by atoms with E-state index < -0.39 is 6.10 Å². The molecule has 27 heavy (non-hydrogen) atoms. The molecule has 0 aromatic heterocycles. The van der Waals surface area contributed by atoms with E-state index in [1.54, 1.807) is 18.2 Å². The highest BCUT2D eigenvalue weighted by Gasteiger charge is 2.41. The third-order valence-electron chi connectivity index (χ3n) is 5.26. The fraction of sp³-hybridized carbons (Fsp3) is 0.391. The second-order valence-corrected chi connectivity index (χ2v) is 7.73. The molecule has 2 aromatic carbocycles. The summed E-state index contributed by atoms with van der Waals surface area (Å²) < 4.78 is 0. The maximum atomic E-state index is 13.4. The molecular weight excluding hydrogens is 338 g/mol. The summed E-state index contributed by atoms with van der Waals surface area (Å²) in [5.74, 6) is -0.310. The Kier molecular flexibility index (Phi) is 5.20. The summed E-state index contributed by atoms with van der Waals surface area (Å²) in [6.07, 6.45) is -0.279. The van der Waals surface area contributed by atoms with Crippen molar-refractivity contribution < 1.29 is 14.7 Å². The third kappa shape index (κ3) is 3.08. The summed E-state index contributed by atoms with van der Waals surface area (Å²) in [6, 6.07) is 11.1. The zero-order chi connectivity index (χ0) is 19.9. The number of fused-ring (bicyclic) bond motifs is 1. The Balaban J connectivity index is 2.24. The summed E-state index contributed by atoms with van der Waals surface area (Å²) in [5, 5.41) is 10.4. The van der Waals surface area contributed by atoms with Gasteiger partial charge in [0, 0.05) is 0 Å². The molecule has 1 heterocycles. The molecule has 1 unspecified atom stereocenters. The van der Waals surface area contributed by atoms with Crippen molar-refractivity contribution in [2.24, 2.45) is 0 Å². The molecule has 0 saturated heterocycles. The number of benzene rings is 2. The van der Waals surface area contributed by atoms with Gasteiger partial charge >= 0.3 is 0 Å². The lowest BCUT2D eigenvalue weighted by Gasteiger charge is -2.25. The van der Waals surface area contributed by atoms with E-state index in [0.29, 0.717) is 28.8 Å². The molecule has 0 spiro atoms. The standard InChI is InChI=1S/C23H27NO3/c1-6-19(25)17-11-8-12-18-20(17)23(27)24(22(18)26)21-15(13(2)3)9-7-10-16(21)14(4)5/h7-14,19,25H,6H2,1-5H3. The topological polar surface area (TPSA) is 57.6 Å². The fourth-order valence-corrected chi connectivity index (χ4v) is 3.78. The zero-order valence-electron chi connectivity index (χ0n) is 16.6. The fourth-order valence-electron chi connectivity index (χ4n) is 3.78. The Labute approximate surface area is 160 Å². The first-order valence-electron chi connectivity index (χ1n) is 9.62. The van der Waals surface area contributed by atoms with Gasteiger partial charge in [0.25, 0.3) is 11.8 Å². The van der Waals surface area contributed by atoms with E-state index in [2.05, 4.69) is 27.7 Å². The monoisotopic (exact) mass is 365 g/mol. The molecule has 0 aliphatic carbocycles. The molecule has 2 amide bonds. The molecule has 4 heteroatoms. The number of nitrogens with zero attached hydrogens (tertiary/aromatic N) is 1. The van der Waals surface area contributed by atoms with E-state index in [1.165, 1.54) is 4.90 Å². The molecule has 4 nitrogen and oxygen atoms in total. The smallest absolute Gasteiger partial charge is 0.266 e. The van der Waals surface area contributed by atoms with Gasteiger partial charge in [0.2, 0.25) is 0 Å². The Morgan fingerprint density at radius 1 is 0.852 bits per heavy atom. The van der Waals surface area contributed by atoms with Gasteiger partial charge in [-0.2, -0.15) is 0 Å². The molecule has 0 saturated carbocycles. The molecule has 142 valence electrons. The predicted molar refractivity (Wildman–Crippen MR) is 107 cm³/mol. The van der Waals surface area contributed by atoms with E-state index in [0.717, 1.165) is 11.1 Å². The lowest BCUT2D eigenvalue weighted by atomic mass is 9.92. The Bertz CT molecular complexity index is 872. The van der Waals surface area contributed by atoms with Crippen LogP contribution >= 0.6 is 0 Å². The van der Waals surface area contributed by atoms with E-state index in [9.17, 15) is 14.7 Å². The summed E-state index contributed by atoms with van der Waals surface area (Å²) >= 11 is 0. The van der Waals surface area contributed by atoms with Crippen molar-refractivity contribution in [2.45, 2.75) is 59.0 Å². The van der Waals surface area contributed by atoms with Crippen LogP contribution in [0.5, 0.6) is 0 Å². The Morgan fingerprint density at radius 2 is 1.37 bits per heavy atom. The lowest BCUT2D eigenvalue weighted by Crippen LogP contribution is -2.32. The van der Waals surface area contributed by atoms with Gasteiger partial charge in [0.15, 0.2) is 0 Å². The maximum Gasteiger partial charge on any atom is 0.266 e. The van der Waals surface area contributed by atoms with Crippen molar-refractivity contribution in [3.63, 3.8) is 0 Å².